The lowest BCUT2D eigenvalue weighted by atomic mass is 10.1. The molecule has 6 nitrogen and oxygen atoms in total. The van der Waals surface area contributed by atoms with Crippen molar-refractivity contribution in [1.82, 2.24) is 9.38 Å². The predicted octanol–water partition coefficient (Wildman–Crippen LogP) is 4.29. The maximum atomic E-state index is 12.7. The smallest absolute Gasteiger partial charge is 0.255 e. The second-order valence-corrected chi connectivity index (χ2v) is 6.64. The number of aryl methyl sites for hydroxylation is 1. The molecule has 6 heteroatoms. The number of benzene rings is 2. The molecule has 2 aromatic carbocycles. The van der Waals surface area contributed by atoms with Crippen LogP contribution < -0.4 is 14.8 Å². The van der Waals surface area contributed by atoms with Gasteiger partial charge in [0.15, 0.2) is 11.5 Å². The Labute approximate surface area is 161 Å². The van der Waals surface area contributed by atoms with Crippen LogP contribution in [0.15, 0.2) is 67.0 Å². The van der Waals surface area contributed by atoms with Crippen molar-refractivity contribution >= 4 is 17.2 Å². The summed E-state index contributed by atoms with van der Waals surface area (Å²) >= 11 is 0. The van der Waals surface area contributed by atoms with Crippen molar-refractivity contribution in [2.45, 2.75) is 6.92 Å². The second kappa shape index (κ2) is 6.42. The molecular formula is C22H17N3O3. The minimum absolute atomic E-state index is 0.181. The largest absolute Gasteiger partial charge is 0.454 e. The SMILES string of the molecule is Cc1ccc(-c2cn3ccccc3n2)cc1NC(=O)c1ccc2c(c1)OCO2. The van der Waals surface area contributed by atoms with E-state index >= 15 is 0 Å². The lowest BCUT2D eigenvalue weighted by Gasteiger charge is -2.10. The fraction of sp³-hybridized carbons (Fsp3) is 0.0909. The van der Waals surface area contributed by atoms with Gasteiger partial charge in [-0.25, -0.2) is 4.98 Å². The number of carbonyl (C=O) groups excluding carboxylic acids is 1. The molecule has 1 aliphatic heterocycles. The maximum absolute atomic E-state index is 12.7. The van der Waals surface area contributed by atoms with Gasteiger partial charge in [-0.05, 0) is 48.9 Å². The number of imidazole rings is 1. The van der Waals surface area contributed by atoms with Gasteiger partial charge in [0, 0.05) is 29.2 Å². The molecule has 0 saturated carbocycles. The minimum atomic E-state index is -0.200. The Morgan fingerprint density at radius 3 is 2.86 bits per heavy atom. The van der Waals surface area contributed by atoms with E-state index in [-0.39, 0.29) is 12.7 Å². The Kier molecular flexibility index (Phi) is 3.76. The number of anilines is 1. The molecule has 1 N–H and O–H groups in total. The highest BCUT2D eigenvalue weighted by atomic mass is 16.7. The molecule has 0 radical (unpaired) electrons. The van der Waals surface area contributed by atoms with Crippen molar-refractivity contribution in [3.63, 3.8) is 0 Å². The highest BCUT2D eigenvalue weighted by Gasteiger charge is 2.17. The van der Waals surface area contributed by atoms with Crippen molar-refractivity contribution in [3.05, 3.63) is 78.1 Å². The molecule has 0 atom stereocenters. The topological polar surface area (TPSA) is 64.9 Å². The number of rotatable bonds is 3. The molecule has 5 rings (SSSR count). The number of amides is 1. The molecule has 0 fully saturated rings. The van der Waals surface area contributed by atoms with Crippen LogP contribution in [0.25, 0.3) is 16.9 Å². The van der Waals surface area contributed by atoms with E-state index in [0.717, 1.165) is 28.2 Å². The summed E-state index contributed by atoms with van der Waals surface area (Å²) in [6.07, 6.45) is 3.94. The van der Waals surface area contributed by atoms with Crippen LogP contribution in [0.3, 0.4) is 0 Å². The summed E-state index contributed by atoms with van der Waals surface area (Å²) in [6.45, 7) is 2.14. The summed E-state index contributed by atoms with van der Waals surface area (Å²) in [4.78, 5) is 17.4. The van der Waals surface area contributed by atoms with E-state index in [4.69, 9.17) is 9.47 Å². The van der Waals surface area contributed by atoms with E-state index in [0.29, 0.717) is 17.1 Å². The van der Waals surface area contributed by atoms with E-state index in [2.05, 4.69) is 10.3 Å². The van der Waals surface area contributed by atoms with Gasteiger partial charge in [-0.15, -0.1) is 0 Å². The van der Waals surface area contributed by atoms with Crippen molar-refractivity contribution in [2.75, 3.05) is 12.1 Å². The van der Waals surface area contributed by atoms with Gasteiger partial charge in [-0.2, -0.15) is 0 Å². The normalized spacial score (nSPS) is 12.3. The minimum Gasteiger partial charge on any atom is -0.454 e. The molecule has 138 valence electrons. The summed E-state index contributed by atoms with van der Waals surface area (Å²) in [7, 11) is 0. The van der Waals surface area contributed by atoms with Crippen LogP contribution in [0, 0.1) is 6.92 Å². The Morgan fingerprint density at radius 1 is 1.07 bits per heavy atom. The number of fused-ring (bicyclic) bond motifs is 2. The molecule has 0 saturated heterocycles. The number of hydrogen-bond acceptors (Lipinski definition) is 4. The number of ether oxygens (including phenoxy) is 2. The monoisotopic (exact) mass is 371 g/mol. The first kappa shape index (κ1) is 16.4. The molecule has 4 aromatic rings. The molecule has 0 unspecified atom stereocenters. The van der Waals surface area contributed by atoms with Crippen LogP contribution in [-0.4, -0.2) is 22.1 Å². The zero-order chi connectivity index (χ0) is 19.1. The third kappa shape index (κ3) is 2.85. The maximum Gasteiger partial charge on any atom is 0.255 e. The van der Waals surface area contributed by atoms with Crippen molar-refractivity contribution < 1.29 is 14.3 Å². The zero-order valence-electron chi connectivity index (χ0n) is 15.2. The number of pyridine rings is 1. The van der Waals surface area contributed by atoms with E-state index in [1.807, 2.05) is 60.1 Å². The van der Waals surface area contributed by atoms with E-state index in [9.17, 15) is 4.79 Å². The van der Waals surface area contributed by atoms with Crippen molar-refractivity contribution in [1.29, 1.82) is 0 Å². The van der Waals surface area contributed by atoms with E-state index in [1.165, 1.54) is 0 Å². The Balaban J connectivity index is 1.45. The van der Waals surface area contributed by atoms with Crippen LogP contribution in [0.4, 0.5) is 5.69 Å². The van der Waals surface area contributed by atoms with Gasteiger partial charge in [-0.3, -0.25) is 4.79 Å². The van der Waals surface area contributed by atoms with E-state index in [1.54, 1.807) is 18.2 Å². The highest BCUT2D eigenvalue weighted by Crippen LogP contribution is 2.33. The first-order chi connectivity index (χ1) is 13.7. The molecule has 1 amide bonds. The molecule has 3 heterocycles. The quantitative estimate of drug-likeness (QED) is 0.583. The van der Waals surface area contributed by atoms with Gasteiger partial charge >= 0.3 is 0 Å². The Hall–Kier alpha value is -3.80. The van der Waals surface area contributed by atoms with Gasteiger partial charge in [0.1, 0.15) is 5.65 Å². The summed E-state index contributed by atoms with van der Waals surface area (Å²) in [5.74, 6) is 1.04. The number of carbonyl (C=O) groups is 1. The van der Waals surface area contributed by atoms with Gasteiger partial charge in [0.05, 0.1) is 5.69 Å². The molecule has 0 spiro atoms. The lowest BCUT2D eigenvalue weighted by molar-refractivity contribution is 0.102. The third-order valence-corrected chi connectivity index (χ3v) is 4.78. The van der Waals surface area contributed by atoms with Crippen molar-refractivity contribution in [3.8, 4) is 22.8 Å². The molecule has 28 heavy (non-hydrogen) atoms. The molecular weight excluding hydrogens is 354 g/mol. The standard InChI is InChI=1S/C22H17N3O3/c1-14-5-6-15(18-12-25-9-3-2-4-21(25)23-18)10-17(14)24-22(26)16-7-8-19-20(11-16)28-13-27-19/h2-12H,13H2,1H3,(H,24,26). The number of nitrogens with one attached hydrogen (secondary N) is 1. The van der Waals surface area contributed by atoms with Gasteiger partial charge in [0.25, 0.3) is 5.91 Å². The summed E-state index contributed by atoms with van der Waals surface area (Å²) in [6, 6.07) is 17.0. The zero-order valence-corrected chi connectivity index (χ0v) is 15.2. The molecule has 0 bridgehead atoms. The molecule has 2 aromatic heterocycles. The average molecular weight is 371 g/mol. The fourth-order valence-electron chi connectivity index (χ4n) is 3.22. The predicted molar refractivity (Wildman–Crippen MR) is 106 cm³/mol. The van der Waals surface area contributed by atoms with Crippen molar-refractivity contribution in [2.24, 2.45) is 0 Å². The van der Waals surface area contributed by atoms with Crippen LogP contribution in [0.5, 0.6) is 11.5 Å². The first-order valence-corrected chi connectivity index (χ1v) is 8.93. The summed E-state index contributed by atoms with van der Waals surface area (Å²) in [5, 5.41) is 2.99. The fourth-order valence-corrected chi connectivity index (χ4v) is 3.22. The number of hydrogen-bond donors (Lipinski definition) is 1. The highest BCUT2D eigenvalue weighted by molar-refractivity contribution is 6.05. The Morgan fingerprint density at radius 2 is 1.96 bits per heavy atom. The van der Waals surface area contributed by atoms with Crippen LogP contribution in [0.2, 0.25) is 0 Å². The van der Waals surface area contributed by atoms with Gasteiger partial charge < -0.3 is 19.2 Å². The second-order valence-electron chi connectivity index (χ2n) is 6.64. The average Bonchev–Trinajstić information content (AvgIpc) is 3.35. The van der Waals surface area contributed by atoms with Crippen LogP contribution in [-0.2, 0) is 0 Å². The van der Waals surface area contributed by atoms with Crippen LogP contribution in [0.1, 0.15) is 15.9 Å². The summed E-state index contributed by atoms with van der Waals surface area (Å²) in [5.41, 5.74) is 4.91. The van der Waals surface area contributed by atoms with Gasteiger partial charge in [-0.1, -0.05) is 18.2 Å². The number of aromatic nitrogens is 2. The number of nitrogens with zero attached hydrogens (tertiary/aromatic N) is 2. The molecule has 1 aliphatic rings. The first-order valence-electron chi connectivity index (χ1n) is 8.93. The Bertz CT molecular complexity index is 1180. The van der Waals surface area contributed by atoms with E-state index < -0.39 is 0 Å². The summed E-state index contributed by atoms with van der Waals surface area (Å²) < 4.78 is 12.6. The molecule has 0 aliphatic carbocycles. The third-order valence-electron chi connectivity index (χ3n) is 4.78. The lowest BCUT2D eigenvalue weighted by Crippen LogP contribution is -2.12. The van der Waals surface area contributed by atoms with Crippen LogP contribution >= 0.6 is 0 Å². The van der Waals surface area contributed by atoms with Gasteiger partial charge in [0.2, 0.25) is 6.79 Å².